The summed E-state index contributed by atoms with van der Waals surface area (Å²) in [5.41, 5.74) is -1.38. The molecule has 1 N–H and O–H groups in total. The predicted molar refractivity (Wildman–Crippen MR) is 79.3 cm³/mol. The molecular weight excluding hydrogens is 344 g/mol. The van der Waals surface area contributed by atoms with Gasteiger partial charge < -0.3 is 5.11 Å². The summed E-state index contributed by atoms with van der Waals surface area (Å²) < 4.78 is 22.5. The highest BCUT2D eigenvalue weighted by Crippen LogP contribution is 2.32. The topological polar surface area (TPSA) is 152 Å². The summed E-state index contributed by atoms with van der Waals surface area (Å²) in [6, 6.07) is 1.68. The fraction of sp³-hybridized carbons (Fsp3) is 0.308. The fourth-order valence-corrected chi connectivity index (χ4v) is 3.06. The molecular formula is C13H12N2O8S. The van der Waals surface area contributed by atoms with Crippen molar-refractivity contribution >= 4 is 33.3 Å². The van der Waals surface area contributed by atoms with Crippen LogP contribution < -0.4 is 0 Å². The molecule has 0 bridgehead atoms. The van der Waals surface area contributed by atoms with Gasteiger partial charge in [-0.05, 0) is 12.5 Å². The van der Waals surface area contributed by atoms with E-state index in [9.17, 15) is 38.0 Å². The number of nitrogens with zero attached hydrogens (tertiary/aromatic N) is 2. The molecule has 1 aliphatic rings. The molecule has 128 valence electrons. The van der Waals surface area contributed by atoms with Crippen LogP contribution >= 0.6 is 0 Å². The first kappa shape index (κ1) is 17.5. The summed E-state index contributed by atoms with van der Waals surface area (Å²) in [5, 5.41) is 20.3. The number of benzene rings is 1. The highest BCUT2D eigenvalue weighted by molar-refractivity contribution is 7.90. The number of nitro groups is 1. The first-order chi connectivity index (χ1) is 11.0. The maximum Gasteiger partial charge on any atom is 0.326 e. The number of nitro benzene ring substituents is 1. The fourth-order valence-electron chi connectivity index (χ4n) is 2.41. The summed E-state index contributed by atoms with van der Waals surface area (Å²) in [6.45, 7) is 0. The summed E-state index contributed by atoms with van der Waals surface area (Å²) in [7, 11) is -3.53. The predicted octanol–water partition coefficient (Wildman–Crippen LogP) is 0.0787. The minimum absolute atomic E-state index is 0.278. The first-order valence-corrected chi connectivity index (χ1v) is 8.66. The zero-order valence-electron chi connectivity index (χ0n) is 12.3. The molecule has 0 fully saturated rings. The van der Waals surface area contributed by atoms with Crippen LogP contribution in [0.2, 0.25) is 0 Å². The highest BCUT2D eigenvalue weighted by atomic mass is 32.2. The van der Waals surface area contributed by atoms with Crippen molar-refractivity contribution in [1.82, 2.24) is 4.90 Å². The second-order valence-corrected chi connectivity index (χ2v) is 7.47. The lowest BCUT2D eigenvalue weighted by atomic mass is 10.1. The van der Waals surface area contributed by atoms with Crippen molar-refractivity contribution in [3.05, 3.63) is 39.4 Å². The van der Waals surface area contributed by atoms with Gasteiger partial charge in [-0.1, -0.05) is 6.07 Å². The van der Waals surface area contributed by atoms with Gasteiger partial charge in [0.2, 0.25) is 0 Å². The van der Waals surface area contributed by atoms with Crippen molar-refractivity contribution in [2.45, 2.75) is 12.5 Å². The highest BCUT2D eigenvalue weighted by Gasteiger charge is 2.46. The van der Waals surface area contributed by atoms with Gasteiger partial charge in [-0.25, -0.2) is 13.2 Å². The van der Waals surface area contributed by atoms with E-state index in [0.717, 1.165) is 12.3 Å². The molecule has 2 amide bonds. The molecule has 0 spiro atoms. The Bertz CT molecular complexity index is 861. The van der Waals surface area contributed by atoms with E-state index in [0.29, 0.717) is 4.90 Å². The van der Waals surface area contributed by atoms with E-state index >= 15 is 0 Å². The lowest BCUT2D eigenvalue weighted by Gasteiger charge is -2.21. The van der Waals surface area contributed by atoms with Crippen LogP contribution in [0.25, 0.3) is 0 Å². The van der Waals surface area contributed by atoms with Gasteiger partial charge >= 0.3 is 5.97 Å². The third kappa shape index (κ3) is 3.11. The Kier molecular flexibility index (Phi) is 4.38. The number of imide groups is 1. The molecule has 0 unspecified atom stereocenters. The van der Waals surface area contributed by atoms with Crippen LogP contribution in [0, 0.1) is 10.1 Å². The third-order valence-corrected chi connectivity index (χ3v) is 4.46. The molecule has 0 saturated carbocycles. The molecule has 10 nitrogen and oxygen atoms in total. The molecule has 0 aromatic heterocycles. The summed E-state index contributed by atoms with van der Waals surface area (Å²) in [4.78, 5) is 46.6. The van der Waals surface area contributed by atoms with Crippen LogP contribution in [0.3, 0.4) is 0 Å². The van der Waals surface area contributed by atoms with Crippen molar-refractivity contribution in [3.63, 3.8) is 0 Å². The molecule has 0 saturated heterocycles. The summed E-state index contributed by atoms with van der Waals surface area (Å²) >= 11 is 0. The van der Waals surface area contributed by atoms with E-state index in [2.05, 4.69) is 0 Å². The Labute approximate surface area is 135 Å². The largest absolute Gasteiger partial charge is 0.480 e. The average Bonchev–Trinajstić information content (AvgIpc) is 2.71. The van der Waals surface area contributed by atoms with Crippen LogP contribution in [-0.2, 0) is 14.6 Å². The number of amides is 2. The standard InChI is InChI=1S/C13H12N2O8S/c1-24(22,23)6-5-9(13(18)19)14-11(16)7-3-2-4-8(15(20)21)10(7)12(14)17/h2-4,9H,5-6H2,1H3,(H,18,19)/t9-/m1/s1. The Morgan fingerprint density at radius 1 is 1.33 bits per heavy atom. The Morgan fingerprint density at radius 3 is 2.46 bits per heavy atom. The smallest absolute Gasteiger partial charge is 0.326 e. The van der Waals surface area contributed by atoms with Crippen LogP contribution in [-0.4, -0.2) is 59.2 Å². The van der Waals surface area contributed by atoms with E-state index < -0.39 is 62.0 Å². The Balaban J connectivity index is 2.46. The quantitative estimate of drug-likeness (QED) is 0.427. The van der Waals surface area contributed by atoms with Gasteiger partial charge in [-0.3, -0.25) is 24.6 Å². The van der Waals surface area contributed by atoms with Gasteiger partial charge in [0.05, 0.1) is 16.2 Å². The molecule has 1 aromatic rings. The maximum absolute atomic E-state index is 12.4. The van der Waals surface area contributed by atoms with Crippen molar-refractivity contribution < 1.29 is 32.8 Å². The number of carbonyl (C=O) groups is 3. The van der Waals surface area contributed by atoms with Crippen molar-refractivity contribution in [1.29, 1.82) is 0 Å². The minimum atomic E-state index is -3.53. The van der Waals surface area contributed by atoms with Gasteiger partial charge in [0.25, 0.3) is 17.5 Å². The van der Waals surface area contributed by atoms with Gasteiger partial charge in [0.1, 0.15) is 21.4 Å². The number of fused-ring (bicyclic) bond motifs is 1. The number of hydrogen-bond donors (Lipinski definition) is 1. The summed E-state index contributed by atoms with van der Waals surface area (Å²) in [6.07, 6.45) is 0.382. The van der Waals surface area contributed by atoms with Gasteiger partial charge in [0, 0.05) is 12.3 Å². The molecule has 0 aliphatic carbocycles. The SMILES string of the molecule is CS(=O)(=O)CC[C@H](C(=O)O)N1C(=O)c2cccc([N+](=O)[O-])c2C1=O. The molecule has 0 radical (unpaired) electrons. The van der Waals surface area contributed by atoms with E-state index in [1.807, 2.05) is 0 Å². The molecule has 24 heavy (non-hydrogen) atoms. The van der Waals surface area contributed by atoms with Gasteiger partial charge in [0.15, 0.2) is 0 Å². The number of rotatable bonds is 6. The van der Waals surface area contributed by atoms with E-state index in [4.69, 9.17) is 0 Å². The Morgan fingerprint density at radius 2 is 1.96 bits per heavy atom. The normalized spacial score (nSPS) is 15.3. The molecule has 1 atom stereocenters. The van der Waals surface area contributed by atoms with Crippen molar-refractivity contribution in [3.8, 4) is 0 Å². The van der Waals surface area contributed by atoms with Crippen molar-refractivity contribution in [2.75, 3.05) is 12.0 Å². The zero-order valence-corrected chi connectivity index (χ0v) is 13.1. The van der Waals surface area contributed by atoms with Crippen LogP contribution in [0.5, 0.6) is 0 Å². The second kappa shape index (κ2) is 6.00. The average molecular weight is 356 g/mol. The zero-order chi connectivity index (χ0) is 18.2. The van der Waals surface area contributed by atoms with Crippen LogP contribution in [0.1, 0.15) is 27.1 Å². The molecule has 1 aliphatic heterocycles. The lowest BCUT2D eigenvalue weighted by molar-refractivity contribution is -0.385. The number of hydrogen-bond acceptors (Lipinski definition) is 7. The number of sulfone groups is 1. The number of carboxylic acids is 1. The van der Waals surface area contributed by atoms with Crippen molar-refractivity contribution in [2.24, 2.45) is 0 Å². The monoisotopic (exact) mass is 356 g/mol. The number of carbonyl (C=O) groups excluding carboxylic acids is 2. The molecule has 11 heteroatoms. The number of aliphatic carboxylic acids is 1. The van der Waals surface area contributed by atoms with Crippen LogP contribution in [0.15, 0.2) is 18.2 Å². The summed E-state index contributed by atoms with van der Waals surface area (Å²) in [5.74, 6) is -4.25. The van der Waals surface area contributed by atoms with Crippen LogP contribution in [0.4, 0.5) is 5.69 Å². The first-order valence-electron chi connectivity index (χ1n) is 6.60. The third-order valence-electron chi connectivity index (χ3n) is 3.48. The van der Waals surface area contributed by atoms with Gasteiger partial charge in [-0.2, -0.15) is 0 Å². The van der Waals surface area contributed by atoms with E-state index in [-0.39, 0.29) is 5.56 Å². The molecule has 1 aromatic carbocycles. The second-order valence-electron chi connectivity index (χ2n) is 5.21. The van der Waals surface area contributed by atoms with E-state index in [1.165, 1.54) is 12.1 Å². The minimum Gasteiger partial charge on any atom is -0.480 e. The maximum atomic E-state index is 12.4. The van der Waals surface area contributed by atoms with E-state index in [1.54, 1.807) is 0 Å². The Hall–Kier alpha value is -2.82. The molecule has 2 rings (SSSR count). The van der Waals surface area contributed by atoms with Gasteiger partial charge in [-0.15, -0.1) is 0 Å². The lowest BCUT2D eigenvalue weighted by Crippen LogP contribution is -2.45. The molecule has 1 heterocycles. The number of carboxylic acid groups (broad SMARTS) is 1.